The van der Waals surface area contributed by atoms with Crippen LogP contribution in [0.5, 0.6) is 0 Å². The molecule has 0 radical (unpaired) electrons. The predicted molar refractivity (Wildman–Crippen MR) is 93.1 cm³/mol. The van der Waals surface area contributed by atoms with Crippen LogP contribution in [0, 0.1) is 0 Å². The summed E-state index contributed by atoms with van der Waals surface area (Å²) in [5.74, 6) is 0.999. The molecule has 118 valence electrons. The van der Waals surface area contributed by atoms with Gasteiger partial charge in [-0.3, -0.25) is 4.40 Å². The van der Waals surface area contributed by atoms with Crippen molar-refractivity contribution in [3.05, 3.63) is 53.7 Å². The van der Waals surface area contributed by atoms with Crippen LogP contribution in [0.4, 0.5) is 5.82 Å². The van der Waals surface area contributed by atoms with Gasteiger partial charge in [-0.05, 0) is 37.1 Å². The summed E-state index contributed by atoms with van der Waals surface area (Å²) >= 11 is 6.01. The molecule has 23 heavy (non-hydrogen) atoms. The van der Waals surface area contributed by atoms with Crippen molar-refractivity contribution in [2.24, 2.45) is 0 Å². The van der Waals surface area contributed by atoms with Crippen LogP contribution in [-0.4, -0.2) is 28.6 Å². The van der Waals surface area contributed by atoms with Crippen molar-refractivity contribution in [3.63, 3.8) is 0 Å². The van der Waals surface area contributed by atoms with E-state index in [1.54, 1.807) is 0 Å². The molecule has 5 heteroatoms. The van der Waals surface area contributed by atoms with E-state index in [-0.39, 0.29) is 6.10 Å². The third kappa shape index (κ3) is 2.92. The average molecular weight is 328 g/mol. The van der Waals surface area contributed by atoms with Crippen LogP contribution >= 0.6 is 11.6 Å². The number of anilines is 1. The second kappa shape index (κ2) is 6.22. The molecule has 1 N–H and O–H groups in total. The summed E-state index contributed by atoms with van der Waals surface area (Å²) in [7, 11) is 0. The minimum atomic E-state index is 0.280. The number of nitrogens with zero attached hydrogens (tertiary/aromatic N) is 2. The van der Waals surface area contributed by atoms with Gasteiger partial charge in [-0.15, -0.1) is 0 Å². The molecule has 3 heterocycles. The predicted octanol–water partition coefficient (Wildman–Crippen LogP) is 4.25. The first-order chi connectivity index (χ1) is 11.3. The molecular formula is C18H18ClN3O. The quantitative estimate of drug-likeness (QED) is 0.778. The fourth-order valence-corrected chi connectivity index (χ4v) is 3.12. The van der Waals surface area contributed by atoms with Crippen LogP contribution in [0.1, 0.15) is 12.8 Å². The van der Waals surface area contributed by atoms with Gasteiger partial charge in [-0.2, -0.15) is 0 Å². The third-order valence-electron chi connectivity index (χ3n) is 4.17. The Kier molecular flexibility index (Phi) is 3.93. The van der Waals surface area contributed by atoms with Crippen molar-refractivity contribution in [2.45, 2.75) is 18.9 Å². The Balaban J connectivity index is 1.72. The van der Waals surface area contributed by atoms with E-state index in [0.717, 1.165) is 53.7 Å². The molecule has 0 amide bonds. The van der Waals surface area contributed by atoms with Gasteiger partial charge >= 0.3 is 0 Å². The molecule has 1 saturated heterocycles. The first-order valence-corrected chi connectivity index (χ1v) is 8.27. The van der Waals surface area contributed by atoms with E-state index in [2.05, 4.69) is 9.72 Å². The highest BCUT2D eigenvalue weighted by molar-refractivity contribution is 6.30. The molecule has 1 aliphatic rings. The normalized spacial score (nSPS) is 17.7. The highest BCUT2D eigenvalue weighted by Crippen LogP contribution is 2.30. The number of halogens is 1. The topological polar surface area (TPSA) is 38.6 Å². The van der Waals surface area contributed by atoms with Crippen LogP contribution in [0.3, 0.4) is 0 Å². The minimum absolute atomic E-state index is 0.280. The van der Waals surface area contributed by atoms with Gasteiger partial charge in [0.25, 0.3) is 0 Å². The molecule has 3 aromatic rings. The largest absolute Gasteiger partial charge is 0.376 e. The number of hydrogen-bond donors (Lipinski definition) is 1. The van der Waals surface area contributed by atoms with Crippen molar-refractivity contribution >= 4 is 23.1 Å². The van der Waals surface area contributed by atoms with Crippen LogP contribution in [0.25, 0.3) is 16.9 Å². The molecule has 2 aromatic heterocycles. The Morgan fingerprint density at radius 1 is 1.22 bits per heavy atom. The summed E-state index contributed by atoms with van der Waals surface area (Å²) in [6.45, 7) is 1.66. The molecule has 0 spiro atoms. The van der Waals surface area contributed by atoms with Crippen molar-refractivity contribution in [1.82, 2.24) is 9.38 Å². The Bertz CT molecular complexity index is 807. The van der Waals surface area contributed by atoms with E-state index in [9.17, 15) is 0 Å². The van der Waals surface area contributed by atoms with E-state index in [1.807, 2.05) is 48.7 Å². The monoisotopic (exact) mass is 327 g/mol. The molecule has 4 rings (SSSR count). The Labute approximate surface area is 140 Å². The van der Waals surface area contributed by atoms with Gasteiger partial charge in [0.05, 0.1) is 6.10 Å². The van der Waals surface area contributed by atoms with E-state index in [0.29, 0.717) is 0 Å². The summed E-state index contributed by atoms with van der Waals surface area (Å²) in [5.41, 5.74) is 2.91. The maximum Gasteiger partial charge on any atom is 0.139 e. The maximum absolute atomic E-state index is 6.01. The van der Waals surface area contributed by atoms with Crippen LogP contribution in [0.2, 0.25) is 5.02 Å². The highest BCUT2D eigenvalue weighted by Gasteiger charge is 2.18. The number of imidazole rings is 1. The highest BCUT2D eigenvalue weighted by atomic mass is 35.5. The second-order valence-electron chi connectivity index (χ2n) is 5.76. The fourth-order valence-electron chi connectivity index (χ4n) is 2.99. The number of fused-ring (bicyclic) bond motifs is 1. The molecule has 0 bridgehead atoms. The summed E-state index contributed by atoms with van der Waals surface area (Å²) in [6, 6.07) is 13.8. The lowest BCUT2D eigenvalue weighted by Gasteiger charge is -2.13. The van der Waals surface area contributed by atoms with Gasteiger partial charge in [-0.25, -0.2) is 4.98 Å². The molecule has 0 unspecified atom stereocenters. The minimum Gasteiger partial charge on any atom is -0.376 e. The summed E-state index contributed by atoms with van der Waals surface area (Å²) in [6.07, 6.45) is 4.56. The number of rotatable bonds is 4. The standard InChI is InChI=1S/C18H18ClN3O/c19-14-8-6-13(7-9-14)17-18(20-12-15-4-3-11-23-15)22-10-2-1-5-16(22)21-17/h1-2,5-10,15,20H,3-4,11-12H2/t15-/m1/s1. The molecule has 1 aromatic carbocycles. The van der Waals surface area contributed by atoms with Gasteiger partial charge in [0.1, 0.15) is 17.2 Å². The molecule has 1 fully saturated rings. The zero-order chi connectivity index (χ0) is 15.6. The molecule has 1 aliphatic heterocycles. The lowest BCUT2D eigenvalue weighted by atomic mass is 10.1. The maximum atomic E-state index is 6.01. The van der Waals surface area contributed by atoms with Gasteiger partial charge in [-0.1, -0.05) is 29.8 Å². The first kappa shape index (κ1) is 14.5. The first-order valence-electron chi connectivity index (χ1n) is 7.90. The number of hydrogen-bond acceptors (Lipinski definition) is 3. The zero-order valence-corrected chi connectivity index (χ0v) is 13.5. The van der Waals surface area contributed by atoms with Crippen molar-refractivity contribution in [1.29, 1.82) is 0 Å². The van der Waals surface area contributed by atoms with Crippen molar-refractivity contribution in [3.8, 4) is 11.3 Å². The van der Waals surface area contributed by atoms with Crippen molar-refractivity contribution < 1.29 is 4.74 Å². The summed E-state index contributed by atoms with van der Waals surface area (Å²) in [4.78, 5) is 4.77. The number of ether oxygens (including phenoxy) is 1. The number of pyridine rings is 1. The molecule has 4 nitrogen and oxygen atoms in total. The Hall–Kier alpha value is -2.04. The Morgan fingerprint density at radius 3 is 2.87 bits per heavy atom. The van der Waals surface area contributed by atoms with Crippen LogP contribution < -0.4 is 5.32 Å². The van der Waals surface area contributed by atoms with E-state index >= 15 is 0 Å². The second-order valence-corrected chi connectivity index (χ2v) is 6.20. The smallest absolute Gasteiger partial charge is 0.139 e. The molecule has 0 aliphatic carbocycles. The summed E-state index contributed by atoms with van der Waals surface area (Å²) in [5, 5.41) is 4.26. The SMILES string of the molecule is Clc1ccc(-c2nc3ccccn3c2NC[C@H]2CCCO2)cc1. The fraction of sp³-hybridized carbons (Fsp3) is 0.278. The lowest BCUT2D eigenvalue weighted by molar-refractivity contribution is 0.120. The number of nitrogens with one attached hydrogen (secondary N) is 1. The third-order valence-corrected chi connectivity index (χ3v) is 4.42. The summed E-state index contributed by atoms with van der Waals surface area (Å²) < 4.78 is 7.80. The van der Waals surface area contributed by atoms with Gasteiger partial charge in [0.15, 0.2) is 0 Å². The number of benzene rings is 1. The average Bonchev–Trinajstić information content (AvgIpc) is 3.21. The molecule has 0 saturated carbocycles. The van der Waals surface area contributed by atoms with Gasteiger partial charge < -0.3 is 10.1 Å². The van der Waals surface area contributed by atoms with Crippen LogP contribution in [0.15, 0.2) is 48.7 Å². The van der Waals surface area contributed by atoms with Gasteiger partial charge in [0, 0.05) is 29.9 Å². The molecule has 1 atom stereocenters. The Morgan fingerprint density at radius 2 is 2.09 bits per heavy atom. The van der Waals surface area contributed by atoms with Crippen molar-refractivity contribution in [2.75, 3.05) is 18.5 Å². The van der Waals surface area contributed by atoms with E-state index in [4.69, 9.17) is 21.3 Å². The van der Waals surface area contributed by atoms with Gasteiger partial charge in [0.2, 0.25) is 0 Å². The zero-order valence-electron chi connectivity index (χ0n) is 12.7. The number of aromatic nitrogens is 2. The van der Waals surface area contributed by atoms with E-state index in [1.165, 1.54) is 0 Å². The van der Waals surface area contributed by atoms with Crippen LogP contribution in [-0.2, 0) is 4.74 Å². The lowest BCUT2D eigenvalue weighted by Crippen LogP contribution is -2.19. The molecular weight excluding hydrogens is 310 g/mol. The van der Waals surface area contributed by atoms with E-state index < -0.39 is 0 Å².